The summed E-state index contributed by atoms with van der Waals surface area (Å²) in [7, 11) is 0. The van der Waals surface area contributed by atoms with E-state index >= 15 is 0 Å². The van der Waals surface area contributed by atoms with Gasteiger partial charge in [-0.15, -0.1) is 0 Å². The largest absolute Gasteiger partial charge is 0.449 e. The molecule has 1 unspecified atom stereocenters. The molecular weight excluding hydrogens is 294 g/mol. The van der Waals surface area contributed by atoms with Crippen LogP contribution >= 0.6 is 15.9 Å². The number of likely N-dealkylation sites (tertiary alicyclic amines) is 1. The second kappa shape index (κ2) is 4.76. The van der Waals surface area contributed by atoms with Crippen LogP contribution in [0.25, 0.3) is 11.0 Å². The molecule has 0 bridgehead atoms. The molecule has 1 amide bonds. The van der Waals surface area contributed by atoms with Gasteiger partial charge in [-0.3, -0.25) is 4.79 Å². The fourth-order valence-electron chi connectivity index (χ4n) is 2.71. The Labute approximate surface area is 114 Å². The van der Waals surface area contributed by atoms with Crippen LogP contribution in [0.3, 0.4) is 0 Å². The Morgan fingerprint density at radius 2 is 2.28 bits per heavy atom. The molecular formula is C14H14BrNO2. The smallest absolute Gasteiger partial charge is 0.209 e. The number of benzene rings is 1. The third kappa shape index (κ3) is 1.94. The van der Waals surface area contributed by atoms with Crippen molar-refractivity contribution in [1.29, 1.82) is 0 Å². The number of amides is 1. The van der Waals surface area contributed by atoms with Gasteiger partial charge in [0.15, 0.2) is 4.67 Å². The van der Waals surface area contributed by atoms with Crippen LogP contribution in [-0.4, -0.2) is 23.9 Å². The SMILES string of the molecule is O=CN1CCCC1Cc1c(Br)oc2ccccc12. The van der Waals surface area contributed by atoms with Crippen LogP contribution in [0, 0.1) is 0 Å². The molecule has 94 valence electrons. The van der Waals surface area contributed by atoms with Crippen molar-refractivity contribution in [2.45, 2.75) is 25.3 Å². The molecule has 0 saturated carbocycles. The molecule has 1 aliphatic rings. The maximum absolute atomic E-state index is 11.0. The number of carbonyl (C=O) groups is 1. The number of furan rings is 1. The quantitative estimate of drug-likeness (QED) is 0.815. The van der Waals surface area contributed by atoms with Crippen LogP contribution < -0.4 is 0 Å². The average Bonchev–Trinajstić information content (AvgIpc) is 2.95. The van der Waals surface area contributed by atoms with E-state index in [0.29, 0.717) is 6.04 Å². The molecule has 4 heteroatoms. The highest BCUT2D eigenvalue weighted by Crippen LogP contribution is 2.32. The maximum Gasteiger partial charge on any atom is 0.209 e. The molecule has 0 spiro atoms. The van der Waals surface area contributed by atoms with E-state index in [2.05, 4.69) is 22.0 Å². The summed E-state index contributed by atoms with van der Waals surface area (Å²) in [6.07, 6.45) is 3.99. The first-order valence-corrected chi connectivity index (χ1v) is 6.96. The van der Waals surface area contributed by atoms with E-state index in [9.17, 15) is 4.79 Å². The second-order valence-electron chi connectivity index (χ2n) is 4.69. The molecule has 3 nitrogen and oxygen atoms in total. The summed E-state index contributed by atoms with van der Waals surface area (Å²) in [6, 6.07) is 8.32. The van der Waals surface area contributed by atoms with Crippen molar-refractivity contribution in [1.82, 2.24) is 4.90 Å². The van der Waals surface area contributed by atoms with E-state index in [-0.39, 0.29) is 0 Å². The predicted molar refractivity (Wildman–Crippen MR) is 73.4 cm³/mol. The Morgan fingerprint density at radius 3 is 3.11 bits per heavy atom. The van der Waals surface area contributed by atoms with Gasteiger partial charge in [-0.25, -0.2) is 0 Å². The van der Waals surface area contributed by atoms with Gasteiger partial charge in [0.1, 0.15) is 5.58 Å². The molecule has 1 atom stereocenters. The number of fused-ring (bicyclic) bond motifs is 1. The van der Waals surface area contributed by atoms with Gasteiger partial charge in [-0.05, 0) is 41.3 Å². The standard InChI is InChI=1S/C14H14BrNO2/c15-14-12(8-10-4-3-7-16(10)9-17)11-5-1-2-6-13(11)18-14/h1-2,5-6,9-10H,3-4,7-8H2. The van der Waals surface area contributed by atoms with Gasteiger partial charge in [-0.2, -0.15) is 0 Å². The Bertz CT molecular complexity index is 578. The number of nitrogens with zero attached hydrogens (tertiary/aromatic N) is 1. The van der Waals surface area contributed by atoms with E-state index in [1.807, 2.05) is 23.1 Å². The van der Waals surface area contributed by atoms with E-state index in [1.54, 1.807) is 0 Å². The van der Waals surface area contributed by atoms with Crippen molar-refractivity contribution < 1.29 is 9.21 Å². The molecule has 2 aromatic rings. The van der Waals surface area contributed by atoms with Gasteiger partial charge >= 0.3 is 0 Å². The topological polar surface area (TPSA) is 33.5 Å². The van der Waals surface area contributed by atoms with Crippen LogP contribution in [0.1, 0.15) is 18.4 Å². The van der Waals surface area contributed by atoms with E-state index < -0.39 is 0 Å². The first kappa shape index (κ1) is 11.8. The van der Waals surface area contributed by atoms with Crippen LogP contribution in [0.4, 0.5) is 0 Å². The Balaban J connectivity index is 1.94. The molecule has 0 N–H and O–H groups in total. The highest BCUT2D eigenvalue weighted by Gasteiger charge is 2.25. The zero-order valence-electron chi connectivity index (χ0n) is 9.93. The molecule has 1 saturated heterocycles. The molecule has 0 aliphatic carbocycles. The monoisotopic (exact) mass is 307 g/mol. The molecule has 1 aromatic carbocycles. The predicted octanol–water partition coefficient (Wildman–Crippen LogP) is 3.36. The minimum absolute atomic E-state index is 0.305. The van der Waals surface area contributed by atoms with E-state index in [1.165, 1.54) is 5.56 Å². The third-order valence-electron chi connectivity index (χ3n) is 3.65. The minimum Gasteiger partial charge on any atom is -0.449 e. The summed E-state index contributed by atoms with van der Waals surface area (Å²) in [5, 5.41) is 1.14. The first-order valence-electron chi connectivity index (χ1n) is 6.16. The van der Waals surface area contributed by atoms with Crippen molar-refractivity contribution in [3.8, 4) is 0 Å². The summed E-state index contributed by atoms with van der Waals surface area (Å²) in [5.74, 6) is 0. The van der Waals surface area contributed by atoms with Crippen LogP contribution in [0.15, 0.2) is 33.4 Å². The van der Waals surface area contributed by atoms with Crippen molar-refractivity contribution in [3.05, 3.63) is 34.5 Å². The number of hydrogen-bond donors (Lipinski definition) is 0. The van der Waals surface area contributed by atoms with Crippen molar-refractivity contribution in [2.24, 2.45) is 0 Å². The number of para-hydroxylation sites is 1. The number of hydrogen-bond acceptors (Lipinski definition) is 2. The van der Waals surface area contributed by atoms with Crippen molar-refractivity contribution >= 4 is 33.3 Å². The highest BCUT2D eigenvalue weighted by atomic mass is 79.9. The lowest BCUT2D eigenvalue weighted by atomic mass is 10.0. The van der Waals surface area contributed by atoms with Gasteiger partial charge in [0.25, 0.3) is 0 Å². The minimum atomic E-state index is 0.305. The molecule has 2 heterocycles. The van der Waals surface area contributed by atoms with Crippen LogP contribution in [0.2, 0.25) is 0 Å². The normalized spacial score (nSPS) is 19.6. The van der Waals surface area contributed by atoms with Gasteiger partial charge in [-0.1, -0.05) is 18.2 Å². The van der Waals surface area contributed by atoms with Gasteiger partial charge < -0.3 is 9.32 Å². The lowest BCUT2D eigenvalue weighted by Gasteiger charge is -2.19. The lowest BCUT2D eigenvalue weighted by molar-refractivity contribution is -0.118. The zero-order chi connectivity index (χ0) is 12.5. The molecule has 18 heavy (non-hydrogen) atoms. The fraction of sp³-hybridized carbons (Fsp3) is 0.357. The van der Waals surface area contributed by atoms with Crippen molar-refractivity contribution in [2.75, 3.05) is 6.54 Å². The number of halogens is 1. The van der Waals surface area contributed by atoms with Gasteiger partial charge in [0.2, 0.25) is 6.41 Å². The zero-order valence-corrected chi connectivity index (χ0v) is 11.5. The fourth-order valence-corrected chi connectivity index (χ4v) is 3.26. The van der Waals surface area contributed by atoms with E-state index in [0.717, 1.165) is 47.9 Å². The molecule has 1 fully saturated rings. The third-order valence-corrected chi connectivity index (χ3v) is 4.29. The molecule has 1 aliphatic heterocycles. The Morgan fingerprint density at radius 1 is 1.44 bits per heavy atom. The average molecular weight is 308 g/mol. The Kier molecular flexibility index (Phi) is 3.12. The summed E-state index contributed by atoms with van der Waals surface area (Å²) in [6.45, 7) is 0.877. The van der Waals surface area contributed by atoms with Crippen molar-refractivity contribution in [3.63, 3.8) is 0 Å². The first-order chi connectivity index (χ1) is 8.79. The van der Waals surface area contributed by atoms with Gasteiger partial charge in [0, 0.05) is 23.5 Å². The second-order valence-corrected chi connectivity index (χ2v) is 5.41. The number of rotatable bonds is 3. The number of carbonyl (C=O) groups excluding carboxylic acids is 1. The molecule has 1 aromatic heterocycles. The summed E-state index contributed by atoms with van der Waals surface area (Å²) >= 11 is 3.49. The summed E-state index contributed by atoms with van der Waals surface area (Å²) < 4.78 is 6.48. The van der Waals surface area contributed by atoms with Crippen LogP contribution in [0.5, 0.6) is 0 Å². The highest BCUT2D eigenvalue weighted by molar-refractivity contribution is 9.10. The molecule has 3 rings (SSSR count). The van der Waals surface area contributed by atoms with Crippen LogP contribution in [-0.2, 0) is 11.2 Å². The summed E-state index contributed by atoms with van der Waals surface area (Å²) in [5.41, 5.74) is 2.07. The lowest BCUT2D eigenvalue weighted by Crippen LogP contribution is -2.29. The van der Waals surface area contributed by atoms with Gasteiger partial charge in [0.05, 0.1) is 0 Å². The van der Waals surface area contributed by atoms with E-state index in [4.69, 9.17) is 4.42 Å². The Hall–Kier alpha value is -1.29. The molecule has 0 radical (unpaired) electrons. The summed E-state index contributed by atoms with van der Waals surface area (Å²) in [4.78, 5) is 12.9. The maximum atomic E-state index is 11.0.